The third-order valence-corrected chi connectivity index (χ3v) is 4.90. The minimum Gasteiger partial charge on any atom is -0.305 e. The monoisotopic (exact) mass is 250 g/mol. The molecular weight excluding hydrogens is 227 g/mol. The van der Waals surface area contributed by atoms with Gasteiger partial charge in [0.1, 0.15) is 5.82 Å². The lowest BCUT2D eigenvalue weighted by Gasteiger charge is -2.18. The molecule has 3 heteroatoms. The van der Waals surface area contributed by atoms with E-state index in [-0.39, 0.29) is 11.9 Å². The van der Waals surface area contributed by atoms with Crippen LogP contribution in [-0.4, -0.2) is 11.0 Å². The molecular formula is C15H23FN2. The van der Waals surface area contributed by atoms with Crippen molar-refractivity contribution in [1.29, 1.82) is 0 Å². The summed E-state index contributed by atoms with van der Waals surface area (Å²) in [5, 5.41) is 3.67. The van der Waals surface area contributed by atoms with Crippen molar-refractivity contribution in [2.75, 3.05) is 0 Å². The Bertz CT molecular complexity index is 409. The molecule has 1 aliphatic carbocycles. The van der Waals surface area contributed by atoms with E-state index in [1.54, 1.807) is 6.07 Å². The topological polar surface area (TPSA) is 24.9 Å². The zero-order chi connectivity index (χ0) is 13.6. The lowest BCUT2D eigenvalue weighted by Crippen LogP contribution is -2.28. The molecule has 0 bridgehead atoms. The molecule has 1 heterocycles. The fourth-order valence-corrected chi connectivity index (χ4v) is 2.82. The highest BCUT2D eigenvalue weighted by atomic mass is 19.1. The number of hydrogen-bond acceptors (Lipinski definition) is 2. The average molecular weight is 250 g/mol. The Balaban J connectivity index is 2.10. The zero-order valence-electron chi connectivity index (χ0n) is 11.9. The van der Waals surface area contributed by atoms with E-state index in [1.807, 2.05) is 0 Å². The Morgan fingerprint density at radius 3 is 2.28 bits per heavy atom. The molecule has 0 aliphatic heterocycles. The van der Waals surface area contributed by atoms with Crippen LogP contribution >= 0.6 is 0 Å². The van der Waals surface area contributed by atoms with Crippen LogP contribution in [0.3, 0.4) is 0 Å². The second-order valence-electron chi connectivity index (χ2n) is 6.41. The molecule has 0 amide bonds. The number of nitrogens with zero attached hydrogens (tertiary/aromatic N) is 1. The summed E-state index contributed by atoms with van der Waals surface area (Å²) in [5.74, 6) is -0.277. The van der Waals surface area contributed by atoms with Gasteiger partial charge in [-0.05, 0) is 29.4 Å². The summed E-state index contributed by atoms with van der Waals surface area (Å²) >= 11 is 0. The van der Waals surface area contributed by atoms with Gasteiger partial charge in [0.05, 0.1) is 11.9 Å². The van der Waals surface area contributed by atoms with Crippen molar-refractivity contribution >= 4 is 0 Å². The van der Waals surface area contributed by atoms with Crippen molar-refractivity contribution < 1.29 is 4.39 Å². The van der Waals surface area contributed by atoms with Gasteiger partial charge in [0.15, 0.2) is 0 Å². The van der Waals surface area contributed by atoms with Crippen LogP contribution in [0.2, 0.25) is 0 Å². The van der Waals surface area contributed by atoms with E-state index in [2.05, 4.69) is 44.9 Å². The van der Waals surface area contributed by atoms with Crippen molar-refractivity contribution in [3.8, 4) is 0 Å². The molecule has 1 aromatic rings. The van der Waals surface area contributed by atoms with Crippen molar-refractivity contribution in [3.05, 3.63) is 29.8 Å². The highest BCUT2D eigenvalue weighted by molar-refractivity contribution is 5.20. The van der Waals surface area contributed by atoms with Gasteiger partial charge in [-0.2, -0.15) is 0 Å². The maximum atomic E-state index is 12.9. The lowest BCUT2D eigenvalue weighted by atomic mass is 10.0. The van der Waals surface area contributed by atoms with E-state index in [4.69, 9.17) is 0 Å². The van der Waals surface area contributed by atoms with Crippen LogP contribution in [0.5, 0.6) is 0 Å². The predicted molar refractivity (Wildman–Crippen MR) is 71.7 cm³/mol. The first-order valence-electron chi connectivity index (χ1n) is 6.68. The summed E-state index contributed by atoms with van der Waals surface area (Å²) < 4.78 is 12.9. The van der Waals surface area contributed by atoms with E-state index >= 15 is 0 Å². The Morgan fingerprint density at radius 1 is 1.28 bits per heavy atom. The molecule has 1 N–H and O–H groups in total. The number of pyridine rings is 1. The standard InChI is InChI=1S/C15H23FN2/c1-6-11(12-8-7-10(16)9-17-12)18-13-14(2,3)15(13,4)5/h7-9,11,13,18H,6H2,1-5H3. The van der Waals surface area contributed by atoms with Crippen LogP contribution in [0, 0.1) is 16.6 Å². The molecule has 0 radical (unpaired) electrons. The van der Waals surface area contributed by atoms with Crippen molar-refractivity contribution in [1.82, 2.24) is 10.3 Å². The van der Waals surface area contributed by atoms with E-state index < -0.39 is 0 Å². The largest absolute Gasteiger partial charge is 0.305 e. The molecule has 0 spiro atoms. The molecule has 2 nitrogen and oxygen atoms in total. The van der Waals surface area contributed by atoms with E-state index in [0.717, 1.165) is 12.1 Å². The second-order valence-corrected chi connectivity index (χ2v) is 6.41. The predicted octanol–water partition coefficient (Wildman–Crippen LogP) is 3.70. The van der Waals surface area contributed by atoms with Crippen molar-refractivity contribution in [2.45, 2.75) is 53.1 Å². The van der Waals surface area contributed by atoms with Gasteiger partial charge in [-0.15, -0.1) is 0 Å². The normalized spacial score (nSPS) is 22.8. The summed E-state index contributed by atoms with van der Waals surface area (Å²) in [4.78, 5) is 4.19. The van der Waals surface area contributed by atoms with Crippen molar-refractivity contribution in [2.24, 2.45) is 10.8 Å². The van der Waals surface area contributed by atoms with Gasteiger partial charge in [0.2, 0.25) is 0 Å². The first-order valence-corrected chi connectivity index (χ1v) is 6.68. The van der Waals surface area contributed by atoms with Gasteiger partial charge >= 0.3 is 0 Å². The molecule has 1 fully saturated rings. The Hall–Kier alpha value is -0.960. The van der Waals surface area contributed by atoms with Crippen LogP contribution in [-0.2, 0) is 0 Å². The smallest absolute Gasteiger partial charge is 0.141 e. The van der Waals surface area contributed by atoms with Crippen LogP contribution < -0.4 is 5.32 Å². The number of hydrogen-bond donors (Lipinski definition) is 1. The van der Waals surface area contributed by atoms with Crippen molar-refractivity contribution in [3.63, 3.8) is 0 Å². The molecule has 1 aliphatic rings. The maximum absolute atomic E-state index is 12.9. The molecule has 18 heavy (non-hydrogen) atoms. The highest BCUT2D eigenvalue weighted by Gasteiger charge is 2.64. The lowest BCUT2D eigenvalue weighted by molar-refractivity contribution is 0.452. The summed E-state index contributed by atoms with van der Waals surface area (Å²) in [6.45, 7) is 11.3. The highest BCUT2D eigenvalue weighted by Crippen LogP contribution is 2.63. The fraction of sp³-hybridized carbons (Fsp3) is 0.667. The van der Waals surface area contributed by atoms with Crippen LogP contribution in [0.1, 0.15) is 52.8 Å². The van der Waals surface area contributed by atoms with E-state index in [1.165, 1.54) is 12.3 Å². The second kappa shape index (κ2) is 4.30. The summed E-state index contributed by atoms with van der Waals surface area (Å²) in [5.41, 5.74) is 1.54. The minimum atomic E-state index is -0.277. The number of aromatic nitrogens is 1. The third kappa shape index (κ3) is 2.05. The van der Waals surface area contributed by atoms with E-state index in [0.29, 0.717) is 16.9 Å². The average Bonchev–Trinajstić information content (AvgIpc) is 2.69. The first kappa shape index (κ1) is 13.5. The quantitative estimate of drug-likeness (QED) is 0.881. The molecule has 0 aromatic carbocycles. The Morgan fingerprint density at radius 2 is 1.89 bits per heavy atom. The third-order valence-electron chi connectivity index (χ3n) is 4.90. The molecule has 100 valence electrons. The van der Waals surface area contributed by atoms with E-state index in [9.17, 15) is 4.39 Å². The summed E-state index contributed by atoms with van der Waals surface area (Å²) in [6.07, 6.45) is 2.25. The Labute approximate surface area is 109 Å². The number of halogens is 1. The van der Waals surface area contributed by atoms with Gasteiger partial charge in [-0.3, -0.25) is 4.98 Å². The van der Waals surface area contributed by atoms with Crippen LogP contribution in [0.25, 0.3) is 0 Å². The minimum absolute atomic E-state index is 0.205. The molecule has 2 rings (SSSR count). The molecule has 1 atom stereocenters. The molecule has 1 aromatic heterocycles. The van der Waals surface area contributed by atoms with Crippen LogP contribution in [0.15, 0.2) is 18.3 Å². The summed E-state index contributed by atoms with van der Waals surface area (Å²) in [7, 11) is 0. The number of nitrogens with one attached hydrogen (secondary N) is 1. The molecule has 1 saturated carbocycles. The number of rotatable bonds is 4. The first-order chi connectivity index (χ1) is 8.30. The molecule has 1 unspecified atom stereocenters. The molecule has 0 saturated heterocycles. The zero-order valence-corrected chi connectivity index (χ0v) is 11.9. The maximum Gasteiger partial charge on any atom is 0.141 e. The van der Waals surface area contributed by atoms with Gasteiger partial charge in [0.25, 0.3) is 0 Å². The fourth-order valence-electron chi connectivity index (χ4n) is 2.82. The van der Waals surface area contributed by atoms with Gasteiger partial charge in [-0.25, -0.2) is 4.39 Å². The summed E-state index contributed by atoms with van der Waals surface area (Å²) in [6, 6.07) is 3.95. The van der Waals surface area contributed by atoms with Gasteiger partial charge in [0, 0.05) is 12.1 Å². The van der Waals surface area contributed by atoms with Crippen LogP contribution in [0.4, 0.5) is 4.39 Å². The Kier molecular flexibility index (Phi) is 3.22. The van der Waals surface area contributed by atoms with Gasteiger partial charge < -0.3 is 5.32 Å². The van der Waals surface area contributed by atoms with Gasteiger partial charge in [-0.1, -0.05) is 34.6 Å². The SMILES string of the molecule is CCC(NC1C(C)(C)C1(C)C)c1ccc(F)cn1.